The number of carbonyl (C=O) groups is 2. The normalized spacial score (nSPS) is 9.72. The molecule has 0 saturated heterocycles. The van der Waals surface area contributed by atoms with Crippen molar-refractivity contribution in [2.45, 2.75) is 0 Å². The predicted molar refractivity (Wildman–Crippen MR) is 60.8 cm³/mol. The number of nitrogens with zero attached hydrogens (tertiary/aromatic N) is 1. The Morgan fingerprint density at radius 2 is 1.56 bits per heavy atom. The molecule has 0 heterocycles. The number of hydrogen-bond donors (Lipinski definition) is 0. The van der Waals surface area contributed by atoms with Crippen LogP contribution >= 0.6 is 11.6 Å². The molecule has 0 bridgehead atoms. The van der Waals surface area contributed by atoms with Crippen molar-refractivity contribution in [1.29, 1.82) is 0 Å². The molecule has 0 amide bonds. The van der Waals surface area contributed by atoms with Crippen molar-refractivity contribution >= 4 is 29.2 Å². The minimum atomic E-state index is -0.881. The fraction of sp³-hybridized carbons (Fsp3) is 0.200. The van der Waals surface area contributed by atoms with Gasteiger partial charge in [0.1, 0.15) is 0 Å². The Labute approximate surface area is 106 Å². The van der Waals surface area contributed by atoms with E-state index in [1.165, 1.54) is 0 Å². The van der Waals surface area contributed by atoms with Crippen LogP contribution in [0.3, 0.4) is 0 Å². The van der Waals surface area contributed by atoms with Crippen LogP contribution in [-0.2, 0) is 9.47 Å². The molecule has 0 aliphatic carbocycles. The van der Waals surface area contributed by atoms with E-state index in [1.54, 1.807) is 0 Å². The van der Waals surface area contributed by atoms with Crippen molar-refractivity contribution in [3.8, 4) is 0 Å². The number of methoxy groups -OCH3 is 2. The van der Waals surface area contributed by atoms with Crippen LogP contribution in [0.1, 0.15) is 20.7 Å². The van der Waals surface area contributed by atoms with Crippen molar-refractivity contribution in [1.82, 2.24) is 0 Å². The molecule has 0 N–H and O–H groups in total. The molecule has 1 rings (SSSR count). The van der Waals surface area contributed by atoms with E-state index in [0.29, 0.717) is 0 Å². The number of rotatable bonds is 3. The number of nitro benzene ring substituents is 1. The quantitative estimate of drug-likeness (QED) is 0.473. The summed E-state index contributed by atoms with van der Waals surface area (Å²) in [6, 6.07) is 1.86. The molecule has 7 nitrogen and oxygen atoms in total. The Balaban J connectivity index is 3.52. The zero-order valence-electron chi connectivity index (χ0n) is 9.43. The highest BCUT2D eigenvalue weighted by Gasteiger charge is 2.24. The van der Waals surface area contributed by atoms with Gasteiger partial charge in [0.25, 0.3) is 5.69 Å². The SMILES string of the molecule is COC(=O)c1cc([N+](=O)[O-])cc(C(=O)OC)c1Cl. The van der Waals surface area contributed by atoms with E-state index in [9.17, 15) is 19.7 Å². The number of non-ortho nitro benzene ring substituents is 1. The Hall–Kier alpha value is -2.15. The maximum atomic E-state index is 11.4. The molecule has 0 saturated carbocycles. The first kappa shape index (κ1) is 13.9. The van der Waals surface area contributed by atoms with Gasteiger partial charge in [0.05, 0.1) is 35.3 Å². The molecule has 96 valence electrons. The molecule has 0 aliphatic rings. The molecular formula is C10H8ClNO6. The highest BCUT2D eigenvalue weighted by molar-refractivity contribution is 6.36. The second-order valence-corrected chi connectivity index (χ2v) is 3.47. The van der Waals surface area contributed by atoms with Crippen LogP contribution in [-0.4, -0.2) is 31.1 Å². The van der Waals surface area contributed by atoms with Gasteiger partial charge in [-0.05, 0) is 0 Å². The van der Waals surface area contributed by atoms with Crippen LogP contribution in [0.2, 0.25) is 5.02 Å². The van der Waals surface area contributed by atoms with Crippen molar-refractivity contribution < 1.29 is 24.0 Å². The van der Waals surface area contributed by atoms with Gasteiger partial charge in [0.15, 0.2) is 0 Å². The summed E-state index contributed by atoms with van der Waals surface area (Å²) in [5.74, 6) is -1.76. The molecule has 0 unspecified atom stereocenters. The predicted octanol–water partition coefficient (Wildman–Crippen LogP) is 1.82. The topological polar surface area (TPSA) is 95.7 Å². The number of hydrogen-bond acceptors (Lipinski definition) is 6. The standard InChI is InChI=1S/C10H8ClNO6/c1-17-9(13)6-3-5(12(15)16)4-7(8(6)11)10(14)18-2/h3-4H,1-2H3. The Bertz CT molecular complexity index is 490. The molecule has 0 aliphatic heterocycles. The van der Waals surface area contributed by atoms with Crippen LogP contribution < -0.4 is 0 Å². The van der Waals surface area contributed by atoms with Crippen molar-refractivity contribution in [3.63, 3.8) is 0 Å². The van der Waals surface area contributed by atoms with E-state index >= 15 is 0 Å². The first-order valence-electron chi connectivity index (χ1n) is 4.57. The van der Waals surface area contributed by atoms with Gasteiger partial charge in [-0.15, -0.1) is 0 Å². The van der Waals surface area contributed by atoms with E-state index < -0.39 is 22.5 Å². The molecule has 0 aromatic heterocycles. The smallest absolute Gasteiger partial charge is 0.339 e. The summed E-state index contributed by atoms with van der Waals surface area (Å²) in [5.41, 5.74) is -0.997. The second-order valence-electron chi connectivity index (χ2n) is 3.10. The lowest BCUT2D eigenvalue weighted by molar-refractivity contribution is -0.384. The molecule has 18 heavy (non-hydrogen) atoms. The van der Waals surface area contributed by atoms with E-state index in [-0.39, 0.29) is 16.1 Å². The molecule has 0 spiro atoms. The highest BCUT2D eigenvalue weighted by atomic mass is 35.5. The van der Waals surface area contributed by atoms with Gasteiger partial charge in [0, 0.05) is 12.1 Å². The number of ether oxygens (including phenoxy) is 2. The van der Waals surface area contributed by atoms with E-state index in [1.807, 2.05) is 0 Å². The molecular weight excluding hydrogens is 266 g/mol. The molecule has 0 radical (unpaired) electrons. The molecule has 0 fully saturated rings. The summed E-state index contributed by atoms with van der Waals surface area (Å²) >= 11 is 5.81. The number of halogens is 1. The first-order valence-corrected chi connectivity index (χ1v) is 4.94. The Kier molecular flexibility index (Phi) is 4.22. The largest absolute Gasteiger partial charge is 0.465 e. The van der Waals surface area contributed by atoms with Crippen LogP contribution in [0.5, 0.6) is 0 Å². The fourth-order valence-electron chi connectivity index (χ4n) is 1.23. The lowest BCUT2D eigenvalue weighted by atomic mass is 10.1. The maximum Gasteiger partial charge on any atom is 0.339 e. The minimum absolute atomic E-state index is 0.251. The third kappa shape index (κ3) is 2.57. The average Bonchev–Trinajstić information content (AvgIpc) is 2.36. The van der Waals surface area contributed by atoms with Gasteiger partial charge in [-0.1, -0.05) is 11.6 Å². The molecule has 0 atom stereocenters. The van der Waals surface area contributed by atoms with Gasteiger partial charge in [0.2, 0.25) is 0 Å². The molecule has 1 aromatic carbocycles. The summed E-state index contributed by atoms with van der Waals surface area (Å²) in [6.07, 6.45) is 0. The van der Waals surface area contributed by atoms with Crippen molar-refractivity contribution in [3.05, 3.63) is 38.4 Å². The zero-order valence-corrected chi connectivity index (χ0v) is 10.2. The van der Waals surface area contributed by atoms with Crippen molar-refractivity contribution in [2.75, 3.05) is 14.2 Å². The monoisotopic (exact) mass is 273 g/mol. The number of carbonyl (C=O) groups excluding carboxylic acids is 2. The lowest BCUT2D eigenvalue weighted by Crippen LogP contribution is -2.09. The fourth-order valence-corrected chi connectivity index (χ4v) is 1.50. The highest BCUT2D eigenvalue weighted by Crippen LogP contribution is 2.28. The lowest BCUT2D eigenvalue weighted by Gasteiger charge is -2.06. The van der Waals surface area contributed by atoms with Crippen LogP contribution in [0.25, 0.3) is 0 Å². The Morgan fingerprint density at radius 1 is 1.17 bits per heavy atom. The summed E-state index contributed by atoms with van der Waals surface area (Å²) in [6.45, 7) is 0. The second kappa shape index (κ2) is 5.46. The minimum Gasteiger partial charge on any atom is -0.465 e. The van der Waals surface area contributed by atoms with Gasteiger partial charge >= 0.3 is 11.9 Å². The van der Waals surface area contributed by atoms with Gasteiger partial charge in [-0.3, -0.25) is 10.1 Å². The maximum absolute atomic E-state index is 11.4. The third-order valence-corrected chi connectivity index (χ3v) is 2.49. The summed E-state index contributed by atoms with van der Waals surface area (Å²) in [7, 11) is 2.19. The summed E-state index contributed by atoms with van der Waals surface area (Å²) in [4.78, 5) is 32.7. The van der Waals surface area contributed by atoms with Crippen LogP contribution in [0.4, 0.5) is 5.69 Å². The molecule has 8 heteroatoms. The zero-order chi connectivity index (χ0) is 13.9. The number of nitro groups is 1. The van der Waals surface area contributed by atoms with Crippen LogP contribution in [0, 0.1) is 10.1 Å². The Morgan fingerprint density at radius 3 is 1.83 bits per heavy atom. The summed E-state index contributed by atoms with van der Waals surface area (Å²) < 4.78 is 8.84. The van der Waals surface area contributed by atoms with E-state index in [2.05, 4.69) is 9.47 Å². The third-order valence-electron chi connectivity index (χ3n) is 2.08. The van der Waals surface area contributed by atoms with Gasteiger partial charge in [-0.25, -0.2) is 9.59 Å². The average molecular weight is 274 g/mol. The number of esters is 2. The van der Waals surface area contributed by atoms with Gasteiger partial charge in [-0.2, -0.15) is 0 Å². The first-order chi connectivity index (χ1) is 8.42. The van der Waals surface area contributed by atoms with Crippen molar-refractivity contribution in [2.24, 2.45) is 0 Å². The summed E-state index contributed by atoms with van der Waals surface area (Å²) in [5, 5.41) is 10.4. The van der Waals surface area contributed by atoms with E-state index in [4.69, 9.17) is 11.6 Å². The van der Waals surface area contributed by atoms with E-state index in [0.717, 1.165) is 26.4 Å². The van der Waals surface area contributed by atoms with Crippen LogP contribution in [0.15, 0.2) is 12.1 Å². The van der Waals surface area contributed by atoms with Gasteiger partial charge < -0.3 is 9.47 Å². The molecule has 1 aromatic rings. The number of benzene rings is 1.